The van der Waals surface area contributed by atoms with E-state index in [2.05, 4.69) is 15.5 Å². The molecule has 0 saturated carbocycles. The van der Waals surface area contributed by atoms with Crippen LogP contribution in [0.3, 0.4) is 0 Å². The van der Waals surface area contributed by atoms with Gasteiger partial charge in [-0.2, -0.15) is 19.0 Å². The Morgan fingerprint density at radius 2 is 2.13 bits per heavy atom. The van der Waals surface area contributed by atoms with Gasteiger partial charge in [0, 0.05) is 36.5 Å². The molecule has 1 aromatic carbocycles. The third kappa shape index (κ3) is 4.28. The maximum Gasteiger partial charge on any atom is 0.333 e. The fourth-order valence-corrected chi connectivity index (χ4v) is 3.38. The minimum atomic E-state index is -2.78. The first-order valence-corrected chi connectivity index (χ1v) is 9.86. The van der Waals surface area contributed by atoms with Gasteiger partial charge in [-0.1, -0.05) is 0 Å². The van der Waals surface area contributed by atoms with Crippen LogP contribution in [-0.4, -0.2) is 38.2 Å². The number of fused-ring (bicyclic) bond motifs is 1. The Hall–Kier alpha value is -3.01. The Kier molecular flexibility index (Phi) is 5.67. The van der Waals surface area contributed by atoms with Crippen LogP contribution < -0.4 is 10.1 Å². The van der Waals surface area contributed by atoms with E-state index in [0.29, 0.717) is 22.6 Å². The monoisotopic (exact) mass is 419 g/mol. The second-order valence-electron chi connectivity index (χ2n) is 7.42. The summed E-state index contributed by atoms with van der Waals surface area (Å²) in [6.07, 6.45) is 5.63. The lowest BCUT2D eigenvalue weighted by atomic mass is 10.1. The van der Waals surface area contributed by atoms with Crippen molar-refractivity contribution in [2.45, 2.75) is 52.0 Å². The molecule has 10 heteroatoms. The second kappa shape index (κ2) is 8.39. The molecule has 1 N–H and O–H groups in total. The standard InChI is InChI=1S/C20H23F2N5O3/c1-12(2)30-16-10-15-13(11-27(24-15)18-5-3-4-8-29-18)9-14(16)19(28)23-17-6-7-26(25-17)20(21)22/h6-7,9-12,18,20H,3-5,8H2,1-2H3,(H,23,25,28). The van der Waals surface area contributed by atoms with Crippen LogP contribution in [0.4, 0.5) is 14.6 Å². The van der Waals surface area contributed by atoms with Crippen LogP contribution in [0.15, 0.2) is 30.6 Å². The second-order valence-corrected chi connectivity index (χ2v) is 7.42. The van der Waals surface area contributed by atoms with Crippen molar-refractivity contribution in [2.24, 2.45) is 0 Å². The lowest BCUT2D eigenvalue weighted by Crippen LogP contribution is -2.18. The zero-order valence-electron chi connectivity index (χ0n) is 16.7. The number of rotatable bonds is 6. The first kappa shape index (κ1) is 20.3. The number of hydrogen-bond donors (Lipinski definition) is 1. The van der Waals surface area contributed by atoms with E-state index in [0.717, 1.165) is 30.8 Å². The number of benzene rings is 1. The molecular formula is C20H23F2N5O3. The molecule has 2 aromatic heterocycles. The van der Waals surface area contributed by atoms with Crippen LogP contribution >= 0.6 is 0 Å². The van der Waals surface area contributed by atoms with Crippen molar-refractivity contribution < 1.29 is 23.0 Å². The topological polar surface area (TPSA) is 83.2 Å². The van der Waals surface area contributed by atoms with Crippen LogP contribution in [-0.2, 0) is 4.74 Å². The van der Waals surface area contributed by atoms with E-state index in [9.17, 15) is 13.6 Å². The molecular weight excluding hydrogens is 396 g/mol. The average molecular weight is 419 g/mol. The van der Waals surface area contributed by atoms with E-state index in [1.807, 2.05) is 20.0 Å². The van der Waals surface area contributed by atoms with E-state index >= 15 is 0 Å². The van der Waals surface area contributed by atoms with E-state index < -0.39 is 12.5 Å². The number of halogens is 2. The molecule has 30 heavy (non-hydrogen) atoms. The van der Waals surface area contributed by atoms with Gasteiger partial charge < -0.3 is 14.8 Å². The molecule has 160 valence electrons. The van der Waals surface area contributed by atoms with Crippen LogP contribution in [0.25, 0.3) is 10.9 Å². The predicted octanol–water partition coefficient (Wildman–Crippen LogP) is 4.37. The Morgan fingerprint density at radius 3 is 2.80 bits per heavy atom. The van der Waals surface area contributed by atoms with Gasteiger partial charge in [-0.3, -0.25) is 4.79 Å². The Balaban J connectivity index is 1.65. The summed E-state index contributed by atoms with van der Waals surface area (Å²) in [5.74, 6) is -0.117. The molecule has 0 aliphatic carbocycles. The smallest absolute Gasteiger partial charge is 0.333 e. The number of carbonyl (C=O) groups is 1. The van der Waals surface area contributed by atoms with E-state index in [1.54, 1.807) is 16.8 Å². The zero-order valence-corrected chi connectivity index (χ0v) is 16.7. The fourth-order valence-electron chi connectivity index (χ4n) is 3.38. The molecule has 3 aromatic rings. The van der Waals surface area contributed by atoms with Gasteiger partial charge in [-0.05, 0) is 39.2 Å². The van der Waals surface area contributed by atoms with Crippen molar-refractivity contribution in [1.29, 1.82) is 0 Å². The maximum absolute atomic E-state index is 12.9. The summed E-state index contributed by atoms with van der Waals surface area (Å²) >= 11 is 0. The molecule has 1 aliphatic heterocycles. The minimum Gasteiger partial charge on any atom is -0.490 e. The lowest BCUT2D eigenvalue weighted by Gasteiger charge is -2.22. The zero-order chi connectivity index (χ0) is 21.3. The number of aromatic nitrogens is 4. The van der Waals surface area contributed by atoms with Gasteiger partial charge in [-0.15, -0.1) is 0 Å². The van der Waals surface area contributed by atoms with Crippen molar-refractivity contribution >= 4 is 22.6 Å². The molecule has 0 radical (unpaired) electrons. The molecule has 0 spiro atoms. The van der Waals surface area contributed by atoms with Crippen molar-refractivity contribution in [3.63, 3.8) is 0 Å². The highest BCUT2D eigenvalue weighted by atomic mass is 19.3. The molecule has 1 unspecified atom stereocenters. The van der Waals surface area contributed by atoms with Gasteiger partial charge in [-0.25, -0.2) is 9.36 Å². The summed E-state index contributed by atoms with van der Waals surface area (Å²) in [5.41, 5.74) is 0.949. The largest absolute Gasteiger partial charge is 0.490 e. The average Bonchev–Trinajstić information content (AvgIpc) is 3.34. The summed E-state index contributed by atoms with van der Waals surface area (Å²) in [4.78, 5) is 12.9. The maximum atomic E-state index is 12.9. The van der Waals surface area contributed by atoms with Crippen LogP contribution in [0.1, 0.15) is 56.2 Å². The molecule has 4 rings (SSSR count). The third-order valence-corrected chi connectivity index (χ3v) is 4.73. The molecule has 1 aliphatic rings. The van der Waals surface area contributed by atoms with E-state index in [1.165, 1.54) is 6.07 Å². The van der Waals surface area contributed by atoms with Crippen LogP contribution in [0, 0.1) is 0 Å². The van der Waals surface area contributed by atoms with Crippen molar-refractivity contribution in [3.8, 4) is 5.75 Å². The minimum absolute atomic E-state index is 0.0298. The first-order valence-electron chi connectivity index (χ1n) is 9.86. The molecule has 8 nitrogen and oxygen atoms in total. The van der Waals surface area contributed by atoms with Crippen molar-refractivity contribution in [3.05, 3.63) is 36.2 Å². The van der Waals surface area contributed by atoms with Crippen molar-refractivity contribution in [2.75, 3.05) is 11.9 Å². The molecule has 0 bridgehead atoms. The molecule has 3 heterocycles. The lowest BCUT2D eigenvalue weighted by molar-refractivity contribution is -0.0390. The summed E-state index contributed by atoms with van der Waals surface area (Å²) in [6, 6.07) is 4.70. The van der Waals surface area contributed by atoms with E-state index in [-0.39, 0.29) is 23.7 Å². The molecule has 1 fully saturated rings. The number of hydrogen-bond acceptors (Lipinski definition) is 5. The van der Waals surface area contributed by atoms with Gasteiger partial charge in [0.15, 0.2) is 5.82 Å². The highest BCUT2D eigenvalue weighted by Crippen LogP contribution is 2.30. The Labute approximate surface area is 171 Å². The quantitative estimate of drug-likeness (QED) is 0.642. The van der Waals surface area contributed by atoms with E-state index in [4.69, 9.17) is 9.47 Å². The predicted molar refractivity (Wildman–Crippen MR) is 106 cm³/mol. The van der Waals surface area contributed by atoms with Gasteiger partial charge >= 0.3 is 6.55 Å². The van der Waals surface area contributed by atoms with Crippen LogP contribution in [0.5, 0.6) is 5.75 Å². The Morgan fingerprint density at radius 1 is 1.30 bits per heavy atom. The molecule has 1 atom stereocenters. The SMILES string of the molecule is CC(C)Oc1cc2nn(C3CCCCO3)cc2cc1C(=O)Nc1ccn(C(F)F)n1. The number of carbonyl (C=O) groups excluding carboxylic acids is 1. The number of ether oxygens (including phenoxy) is 2. The summed E-state index contributed by atoms with van der Waals surface area (Å²) in [6.45, 7) is 1.62. The summed E-state index contributed by atoms with van der Waals surface area (Å²) < 4.78 is 39.3. The number of anilines is 1. The first-order chi connectivity index (χ1) is 14.4. The highest BCUT2D eigenvalue weighted by molar-refractivity contribution is 6.08. The summed E-state index contributed by atoms with van der Waals surface area (Å²) in [5, 5.41) is 11.5. The number of amides is 1. The number of nitrogens with one attached hydrogen (secondary N) is 1. The summed E-state index contributed by atoms with van der Waals surface area (Å²) in [7, 11) is 0. The van der Waals surface area contributed by atoms with Gasteiger partial charge in [0.2, 0.25) is 0 Å². The van der Waals surface area contributed by atoms with Gasteiger partial charge in [0.25, 0.3) is 5.91 Å². The van der Waals surface area contributed by atoms with Crippen molar-refractivity contribution in [1.82, 2.24) is 19.6 Å². The van der Waals surface area contributed by atoms with Crippen LogP contribution in [0.2, 0.25) is 0 Å². The Bertz CT molecular complexity index is 1040. The highest BCUT2D eigenvalue weighted by Gasteiger charge is 2.21. The van der Waals surface area contributed by atoms with Gasteiger partial charge in [0.05, 0.1) is 17.2 Å². The molecule has 1 amide bonds. The van der Waals surface area contributed by atoms with Gasteiger partial charge in [0.1, 0.15) is 12.0 Å². The number of alkyl halides is 2. The number of nitrogens with zero attached hydrogens (tertiary/aromatic N) is 4. The third-order valence-electron chi connectivity index (χ3n) is 4.73. The fraction of sp³-hybridized carbons (Fsp3) is 0.450. The molecule has 1 saturated heterocycles. The normalized spacial score (nSPS) is 17.1.